The Hall–Kier alpha value is -3.26. The van der Waals surface area contributed by atoms with Crippen molar-refractivity contribution in [1.29, 1.82) is 0 Å². The van der Waals surface area contributed by atoms with E-state index < -0.39 is 11.6 Å². The molecule has 2 heteroatoms. The lowest BCUT2D eigenvalue weighted by Gasteiger charge is -2.12. The Morgan fingerprint density at radius 1 is 0.581 bits per heavy atom. The van der Waals surface area contributed by atoms with Gasteiger partial charge in [0.15, 0.2) is 11.6 Å². The minimum absolute atomic E-state index is 0.500. The zero-order chi connectivity index (χ0) is 21.6. The zero-order valence-electron chi connectivity index (χ0n) is 17.7. The van der Waals surface area contributed by atoms with Crippen molar-refractivity contribution in [2.45, 2.75) is 32.1 Å². The first-order valence-corrected chi connectivity index (χ1v) is 10.8. The molecular formula is C29H26F2. The van der Waals surface area contributed by atoms with E-state index in [4.69, 9.17) is 0 Å². The molecule has 1 atom stereocenters. The summed E-state index contributed by atoms with van der Waals surface area (Å²) < 4.78 is 26.6. The molecule has 4 rings (SSSR count). The molecule has 0 aromatic heterocycles. The van der Waals surface area contributed by atoms with E-state index in [9.17, 15) is 8.78 Å². The third-order valence-corrected chi connectivity index (χ3v) is 5.84. The number of halogens is 2. The van der Waals surface area contributed by atoms with Crippen LogP contribution in [0.25, 0.3) is 11.1 Å². The number of hydrogen-bond acceptors (Lipinski definition) is 0. The van der Waals surface area contributed by atoms with Crippen molar-refractivity contribution in [1.82, 2.24) is 0 Å². The first-order chi connectivity index (χ1) is 15.1. The topological polar surface area (TPSA) is 0 Å². The summed E-state index contributed by atoms with van der Waals surface area (Å²) in [5.41, 5.74) is 6.86. The Labute approximate surface area is 183 Å². The first kappa shape index (κ1) is 21.0. The standard InChI is InChI=1S/C29H26F2/c1-21(25-5-3-2-4-6-25)19-24-11-9-22(10-12-24)7-8-23-13-15-26(16-14-23)27-17-18-28(30)29(31)20-27/h2-6,9-18,20-21H,7-8,19H2,1H3/t21-/m1/s1. The van der Waals surface area contributed by atoms with Gasteiger partial charge in [0.2, 0.25) is 0 Å². The number of hydrogen-bond donors (Lipinski definition) is 0. The Balaban J connectivity index is 1.33. The maximum absolute atomic E-state index is 13.5. The van der Waals surface area contributed by atoms with Crippen LogP contribution in [-0.4, -0.2) is 0 Å². The van der Waals surface area contributed by atoms with Crippen molar-refractivity contribution in [3.8, 4) is 11.1 Å². The normalized spacial score (nSPS) is 12.0. The summed E-state index contributed by atoms with van der Waals surface area (Å²) in [6, 6.07) is 31.6. The van der Waals surface area contributed by atoms with Crippen LogP contribution in [0, 0.1) is 11.6 Å². The highest BCUT2D eigenvalue weighted by Gasteiger charge is 2.07. The van der Waals surface area contributed by atoms with E-state index in [0.717, 1.165) is 24.8 Å². The van der Waals surface area contributed by atoms with Crippen molar-refractivity contribution in [2.75, 3.05) is 0 Å². The summed E-state index contributed by atoms with van der Waals surface area (Å²) in [4.78, 5) is 0. The molecule has 0 unspecified atom stereocenters. The summed E-state index contributed by atoms with van der Waals surface area (Å²) >= 11 is 0. The fraction of sp³-hybridized carbons (Fsp3) is 0.172. The molecule has 31 heavy (non-hydrogen) atoms. The third kappa shape index (κ3) is 5.46. The summed E-state index contributed by atoms with van der Waals surface area (Å²) in [6.07, 6.45) is 2.95. The molecule has 0 aliphatic rings. The van der Waals surface area contributed by atoms with Gasteiger partial charge in [0.1, 0.15) is 0 Å². The van der Waals surface area contributed by atoms with Gasteiger partial charge in [-0.3, -0.25) is 0 Å². The van der Waals surface area contributed by atoms with Crippen LogP contribution in [0.1, 0.15) is 35.1 Å². The molecule has 0 aliphatic heterocycles. The second-order valence-corrected chi connectivity index (χ2v) is 8.16. The van der Waals surface area contributed by atoms with Gasteiger partial charge in [-0.15, -0.1) is 0 Å². The second kappa shape index (κ2) is 9.70. The summed E-state index contributed by atoms with van der Waals surface area (Å²) in [6.45, 7) is 2.27. The molecule has 0 N–H and O–H groups in total. The first-order valence-electron chi connectivity index (χ1n) is 10.8. The average Bonchev–Trinajstić information content (AvgIpc) is 2.81. The van der Waals surface area contributed by atoms with E-state index in [0.29, 0.717) is 11.5 Å². The summed E-state index contributed by atoms with van der Waals surface area (Å²) in [5.74, 6) is -1.13. The van der Waals surface area contributed by atoms with Gasteiger partial charge in [0.05, 0.1) is 0 Å². The van der Waals surface area contributed by atoms with E-state index in [1.54, 1.807) is 6.07 Å². The molecule has 0 radical (unpaired) electrons. The van der Waals surface area contributed by atoms with Gasteiger partial charge in [-0.25, -0.2) is 8.78 Å². The molecule has 0 heterocycles. The van der Waals surface area contributed by atoms with Crippen LogP contribution in [0.5, 0.6) is 0 Å². The maximum Gasteiger partial charge on any atom is 0.159 e. The van der Waals surface area contributed by atoms with Gasteiger partial charge in [0, 0.05) is 0 Å². The minimum atomic E-state index is -0.819. The molecule has 0 aliphatic carbocycles. The predicted octanol–water partition coefficient (Wildman–Crippen LogP) is 7.76. The quantitative estimate of drug-likeness (QED) is 0.291. The van der Waals surface area contributed by atoms with Gasteiger partial charge >= 0.3 is 0 Å². The molecule has 0 bridgehead atoms. The van der Waals surface area contributed by atoms with Crippen LogP contribution in [0.2, 0.25) is 0 Å². The molecule has 0 amide bonds. The SMILES string of the molecule is C[C@H](Cc1ccc(CCc2ccc(-c3ccc(F)c(F)c3)cc2)cc1)c1ccccc1. The predicted molar refractivity (Wildman–Crippen MR) is 124 cm³/mol. The van der Waals surface area contributed by atoms with Crippen LogP contribution in [0.15, 0.2) is 97.1 Å². The number of aryl methyl sites for hydroxylation is 2. The van der Waals surface area contributed by atoms with E-state index in [1.807, 2.05) is 12.1 Å². The lowest BCUT2D eigenvalue weighted by molar-refractivity contribution is 0.509. The highest BCUT2D eigenvalue weighted by Crippen LogP contribution is 2.23. The van der Waals surface area contributed by atoms with Gasteiger partial charge in [-0.05, 0) is 70.7 Å². The highest BCUT2D eigenvalue weighted by molar-refractivity contribution is 5.63. The molecule has 0 saturated carbocycles. The maximum atomic E-state index is 13.5. The number of benzene rings is 4. The van der Waals surface area contributed by atoms with Crippen LogP contribution in [-0.2, 0) is 19.3 Å². The smallest absolute Gasteiger partial charge is 0.159 e. The van der Waals surface area contributed by atoms with Gasteiger partial charge in [-0.1, -0.05) is 91.9 Å². The van der Waals surface area contributed by atoms with Crippen LogP contribution in [0.4, 0.5) is 8.78 Å². The molecule has 156 valence electrons. The Kier molecular flexibility index (Phi) is 6.57. The third-order valence-electron chi connectivity index (χ3n) is 5.84. The van der Waals surface area contributed by atoms with Crippen molar-refractivity contribution in [3.63, 3.8) is 0 Å². The average molecular weight is 413 g/mol. The zero-order valence-corrected chi connectivity index (χ0v) is 17.7. The number of rotatable bonds is 7. The molecule has 0 saturated heterocycles. The van der Waals surface area contributed by atoms with Crippen LogP contribution in [0.3, 0.4) is 0 Å². The van der Waals surface area contributed by atoms with Crippen molar-refractivity contribution < 1.29 is 8.78 Å². The molecule has 0 spiro atoms. The van der Waals surface area contributed by atoms with Crippen molar-refractivity contribution >= 4 is 0 Å². The van der Waals surface area contributed by atoms with E-state index >= 15 is 0 Å². The van der Waals surface area contributed by atoms with E-state index in [1.165, 1.54) is 34.4 Å². The molecule has 4 aromatic rings. The molecule has 0 nitrogen and oxygen atoms in total. The Morgan fingerprint density at radius 2 is 1.13 bits per heavy atom. The van der Waals surface area contributed by atoms with Gasteiger partial charge in [-0.2, -0.15) is 0 Å². The van der Waals surface area contributed by atoms with Crippen molar-refractivity contribution in [3.05, 3.63) is 131 Å². The Morgan fingerprint density at radius 3 is 1.74 bits per heavy atom. The lowest BCUT2D eigenvalue weighted by atomic mass is 9.93. The van der Waals surface area contributed by atoms with Gasteiger partial charge < -0.3 is 0 Å². The molecule has 0 fully saturated rings. The fourth-order valence-electron chi connectivity index (χ4n) is 3.92. The van der Waals surface area contributed by atoms with E-state index in [2.05, 4.69) is 73.7 Å². The highest BCUT2D eigenvalue weighted by atomic mass is 19.2. The second-order valence-electron chi connectivity index (χ2n) is 8.16. The lowest BCUT2D eigenvalue weighted by Crippen LogP contribution is -1.99. The monoisotopic (exact) mass is 412 g/mol. The van der Waals surface area contributed by atoms with Gasteiger partial charge in [0.25, 0.3) is 0 Å². The minimum Gasteiger partial charge on any atom is -0.204 e. The van der Waals surface area contributed by atoms with Crippen molar-refractivity contribution in [2.24, 2.45) is 0 Å². The summed E-state index contributed by atoms with van der Waals surface area (Å²) in [5, 5.41) is 0. The van der Waals surface area contributed by atoms with Crippen LogP contribution < -0.4 is 0 Å². The molecular weight excluding hydrogens is 386 g/mol. The Bertz CT molecular complexity index is 1110. The van der Waals surface area contributed by atoms with Crippen LogP contribution >= 0.6 is 0 Å². The van der Waals surface area contributed by atoms with E-state index in [-0.39, 0.29) is 0 Å². The summed E-state index contributed by atoms with van der Waals surface area (Å²) in [7, 11) is 0. The largest absolute Gasteiger partial charge is 0.204 e. The molecule has 4 aromatic carbocycles. The fourth-order valence-corrected chi connectivity index (χ4v) is 3.92.